The number of benzene rings is 1. The van der Waals surface area contributed by atoms with E-state index >= 15 is 0 Å². The number of carbonyl (C=O) groups excluding carboxylic acids is 2. The first-order valence-corrected chi connectivity index (χ1v) is 5.62. The van der Waals surface area contributed by atoms with Crippen LogP contribution in [0.15, 0.2) is 18.2 Å². The maximum atomic E-state index is 13.3. The zero-order valence-electron chi connectivity index (χ0n) is 10.0. The fourth-order valence-electron chi connectivity index (χ4n) is 1.40. The topological polar surface area (TPSA) is 43.4 Å². The number of rotatable bonds is 7. The van der Waals surface area contributed by atoms with Gasteiger partial charge in [-0.2, -0.15) is 0 Å². The first kappa shape index (κ1) is 14.4. The summed E-state index contributed by atoms with van der Waals surface area (Å²) >= 11 is 0. The Bertz CT molecular complexity index is 444. The van der Waals surface area contributed by atoms with E-state index in [0.717, 1.165) is 18.2 Å². The van der Waals surface area contributed by atoms with Crippen LogP contribution in [0.4, 0.5) is 8.78 Å². The molecule has 0 amide bonds. The van der Waals surface area contributed by atoms with Gasteiger partial charge in [-0.3, -0.25) is 9.59 Å². The fraction of sp³-hybridized carbons (Fsp3) is 0.385. The van der Waals surface area contributed by atoms with Crippen LogP contribution in [0.3, 0.4) is 0 Å². The van der Waals surface area contributed by atoms with Gasteiger partial charge in [0.1, 0.15) is 17.4 Å². The Labute approximate surface area is 104 Å². The SMILES string of the molecule is CCOCCC(=O)CC(=O)c1cc(F)ccc1F. The number of ether oxygens (including phenoxy) is 1. The Morgan fingerprint density at radius 1 is 1.28 bits per heavy atom. The second kappa shape index (κ2) is 6.96. The molecule has 0 aliphatic rings. The molecule has 0 bridgehead atoms. The number of Topliss-reactive ketones (excluding diaryl/α,β-unsaturated/α-hetero) is 2. The van der Waals surface area contributed by atoms with Crippen LogP contribution in [0, 0.1) is 11.6 Å². The molecule has 0 saturated heterocycles. The second-order valence-corrected chi connectivity index (χ2v) is 3.71. The first-order valence-electron chi connectivity index (χ1n) is 5.62. The van der Waals surface area contributed by atoms with Crippen LogP contribution in [0.5, 0.6) is 0 Å². The molecule has 0 unspecified atom stereocenters. The van der Waals surface area contributed by atoms with Crippen LogP contribution in [-0.4, -0.2) is 24.8 Å². The summed E-state index contributed by atoms with van der Waals surface area (Å²) in [7, 11) is 0. The summed E-state index contributed by atoms with van der Waals surface area (Å²) in [4.78, 5) is 23.0. The summed E-state index contributed by atoms with van der Waals surface area (Å²) in [5.41, 5.74) is -0.389. The molecule has 1 rings (SSSR count). The van der Waals surface area contributed by atoms with Crippen LogP contribution in [0.2, 0.25) is 0 Å². The van der Waals surface area contributed by atoms with Gasteiger partial charge in [0.15, 0.2) is 5.78 Å². The lowest BCUT2D eigenvalue weighted by atomic mass is 10.0. The van der Waals surface area contributed by atoms with E-state index in [9.17, 15) is 18.4 Å². The molecule has 0 saturated carbocycles. The average Bonchev–Trinajstić information content (AvgIpc) is 2.32. The van der Waals surface area contributed by atoms with E-state index in [0.29, 0.717) is 6.61 Å². The molecule has 0 N–H and O–H groups in total. The molecule has 0 fully saturated rings. The van der Waals surface area contributed by atoms with Gasteiger partial charge in [-0.15, -0.1) is 0 Å². The van der Waals surface area contributed by atoms with Gasteiger partial charge in [0.05, 0.1) is 18.6 Å². The molecule has 0 aliphatic heterocycles. The van der Waals surface area contributed by atoms with Crippen molar-refractivity contribution < 1.29 is 23.1 Å². The molecular formula is C13H14F2O3. The van der Waals surface area contributed by atoms with Crippen LogP contribution >= 0.6 is 0 Å². The van der Waals surface area contributed by atoms with Crippen molar-refractivity contribution in [3.63, 3.8) is 0 Å². The molecule has 0 spiro atoms. The first-order chi connectivity index (χ1) is 8.54. The van der Waals surface area contributed by atoms with Gasteiger partial charge in [0.2, 0.25) is 0 Å². The summed E-state index contributed by atoms with van der Waals surface area (Å²) < 4.78 is 31.1. The van der Waals surface area contributed by atoms with E-state index in [1.807, 2.05) is 0 Å². The summed E-state index contributed by atoms with van der Waals surface area (Å²) in [5.74, 6) is -2.59. The lowest BCUT2D eigenvalue weighted by Crippen LogP contribution is -2.12. The van der Waals surface area contributed by atoms with Crippen molar-refractivity contribution in [2.24, 2.45) is 0 Å². The fourth-order valence-corrected chi connectivity index (χ4v) is 1.40. The van der Waals surface area contributed by atoms with Gasteiger partial charge in [0, 0.05) is 13.0 Å². The molecule has 1 aromatic carbocycles. The van der Waals surface area contributed by atoms with E-state index < -0.39 is 23.8 Å². The van der Waals surface area contributed by atoms with Crippen molar-refractivity contribution in [2.45, 2.75) is 19.8 Å². The Balaban J connectivity index is 2.59. The molecule has 18 heavy (non-hydrogen) atoms. The molecule has 0 aliphatic carbocycles. The smallest absolute Gasteiger partial charge is 0.173 e. The standard InChI is InChI=1S/C13H14F2O3/c1-2-18-6-5-10(16)8-13(17)11-7-9(14)3-4-12(11)15/h3-4,7H,2,5-6,8H2,1H3. The highest BCUT2D eigenvalue weighted by atomic mass is 19.1. The summed E-state index contributed by atoms with van der Waals surface area (Å²) in [6, 6.07) is 2.59. The maximum Gasteiger partial charge on any atom is 0.173 e. The predicted molar refractivity (Wildman–Crippen MR) is 61.4 cm³/mol. The largest absolute Gasteiger partial charge is 0.381 e. The Morgan fingerprint density at radius 3 is 2.67 bits per heavy atom. The molecule has 0 aromatic heterocycles. The predicted octanol–water partition coefficient (Wildman–Crippen LogP) is 2.53. The van der Waals surface area contributed by atoms with E-state index in [1.54, 1.807) is 6.92 Å². The normalized spacial score (nSPS) is 10.4. The molecule has 0 radical (unpaired) electrons. The Kier molecular flexibility index (Phi) is 5.58. The minimum Gasteiger partial charge on any atom is -0.381 e. The van der Waals surface area contributed by atoms with E-state index in [2.05, 4.69) is 0 Å². The molecule has 98 valence electrons. The molecule has 3 nitrogen and oxygen atoms in total. The highest BCUT2D eigenvalue weighted by Gasteiger charge is 2.16. The summed E-state index contributed by atoms with van der Waals surface area (Å²) in [5, 5.41) is 0. The van der Waals surface area contributed by atoms with Crippen LogP contribution < -0.4 is 0 Å². The number of hydrogen-bond acceptors (Lipinski definition) is 3. The summed E-state index contributed by atoms with van der Waals surface area (Å²) in [6.45, 7) is 2.51. The van der Waals surface area contributed by atoms with Gasteiger partial charge in [-0.1, -0.05) is 0 Å². The number of ketones is 2. The van der Waals surface area contributed by atoms with Crippen molar-refractivity contribution in [1.29, 1.82) is 0 Å². The van der Waals surface area contributed by atoms with Crippen molar-refractivity contribution in [3.8, 4) is 0 Å². The molecule has 0 atom stereocenters. The highest BCUT2D eigenvalue weighted by Crippen LogP contribution is 2.12. The Morgan fingerprint density at radius 2 is 2.00 bits per heavy atom. The number of carbonyl (C=O) groups is 2. The molecule has 1 aromatic rings. The van der Waals surface area contributed by atoms with E-state index in [1.165, 1.54) is 0 Å². The van der Waals surface area contributed by atoms with Crippen molar-refractivity contribution in [1.82, 2.24) is 0 Å². The average molecular weight is 256 g/mol. The highest BCUT2D eigenvalue weighted by molar-refractivity contribution is 6.08. The van der Waals surface area contributed by atoms with E-state index in [-0.39, 0.29) is 24.4 Å². The monoisotopic (exact) mass is 256 g/mol. The second-order valence-electron chi connectivity index (χ2n) is 3.71. The lowest BCUT2D eigenvalue weighted by molar-refractivity contribution is -0.119. The van der Waals surface area contributed by atoms with Gasteiger partial charge in [-0.05, 0) is 25.1 Å². The Hall–Kier alpha value is -1.62. The third-order valence-corrected chi connectivity index (χ3v) is 2.32. The number of halogens is 2. The molecular weight excluding hydrogens is 242 g/mol. The molecule has 0 heterocycles. The van der Waals surface area contributed by atoms with Crippen LogP contribution in [0.1, 0.15) is 30.1 Å². The van der Waals surface area contributed by atoms with Crippen LogP contribution in [-0.2, 0) is 9.53 Å². The molecule has 5 heteroatoms. The lowest BCUT2D eigenvalue weighted by Gasteiger charge is -2.03. The van der Waals surface area contributed by atoms with Crippen molar-refractivity contribution in [2.75, 3.05) is 13.2 Å². The number of hydrogen-bond donors (Lipinski definition) is 0. The minimum atomic E-state index is -0.820. The van der Waals surface area contributed by atoms with Crippen LogP contribution in [0.25, 0.3) is 0 Å². The van der Waals surface area contributed by atoms with Gasteiger partial charge in [-0.25, -0.2) is 8.78 Å². The van der Waals surface area contributed by atoms with Gasteiger partial charge >= 0.3 is 0 Å². The van der Waals surface area contributed by atoms with Crippen molar-refractivity contribution >= 4 is 11.6 Å². The zero-order valence-corrected chi connectivity index (χ0v) is 10.0. The quantitative estimate of drug-likeness (QED) is 0.428. The van der Waals surface area contributed by atoms with Gasteiger partial charge in [0.25, 0.3) is 0 Å². The minimum absolute atomic E-state index is 0.0938. The zero-order chi connectivity index (χ0) is 13.5. The summed E-state index contributed by atoms with van der Waals surface area (Å²) in [6.07, 6.45) is -0.343. The van der Waals surface area contributed by atoms with E-state index in [4.69, 9.17) is 4.74 Å². The third-order valence-electron chi connectivity index (χ3n) is 2.32. The van der Waals surface area contributed by atoms with Crippen molar-refractivity contribution in [3.05, 3.63) is 35.4 Å². The third kappa shape index (κ3) is 4.33. The maximum absolute atomic E-state index is 13.3. The van der Waals surface area contributed by atoms with Gasteiger partial charge < -0.3 is 4.74 Å².